The van der Waals surface area contributed by atoms with Crippen LogP contribution < -0.4 is 0 Å². The average Bonchev–Trinajstić information content (AvgIpc) is 2.92. The number of rotatable bonds is 3. The molecule has 2 saturated heterocycles. The third-order valence-electron chi connectivity index (χ3n) is 5.18. The second-order valence-electron chi connectivity index (χ2n) is 6.50. The van der Waals surface area contributed by atoms with Crippen LogP contribution in [-0.2, 0) is 11.3 Å². The lowest BCUT2D eigenvalue weighted by Gasteiger charge is -2.37. The molecule has 0 aliphatic carbocycles. The maximum atomic E-state index is 12.1. The van der Waals surface area contributed by atoms with Crippen LogP contribution in [0.5, 0.6) is 0 Å². The summed E-state index contributed by atoms with van der Waals surface area (Å²) in [5.74, 6) is 2.39. The van der Waals surface area contributed by atoms with E-state index in [2.05, 4.69) is 22.8 Å². The lowest BCUT2D eigenvalue weighted by Crippen LogP contribution is -2.46. The molecule has 1 aromatic rings. The quantitative estimate of drug-likeness (QED) is 0.859. The summed E-state index contributed by atoms with van der Waals surface area (Å²) in [6.07, 6.45) is 5.22. The molecule has 0 radical (unpaired) electrons. The molecule has 3 rings (SSSR count). The molecule has 1 atom stereocenters. The maximum absolute atomic E-state index is 12.1. The fourth-order valence-electron chi connectivity index (χ4n) is 4.09. The van der Waals surface area contributed by atoms with Gasteiger partial charge in [-0.1, -0.05) is 0 Å². The van der Waals surface area contributed by atoms with Crippen molar-refractivity contribution in [2.75, 3.05) is 19.6 Å². The summed E-state index contributed by atoms with van der Waals surface area (Å²) in [6, 6.07) is 4.11. The highest BCUT2D eigenvalue weighted by molar-refractivity contribution is 5.79. The molecule has 2 aliphatic rings. The van der Waals surface area contributed by atoms with Crippen LogP contribution in [0, 0.1) is 6.92 Å². The van der Waals surface area contributed by atoms with Crippen molar-refractivity contribution in [3.05, 3.63) is 23.7 Å². The number of hydrogen-bond donors (Lipinski definition) is 0. The van der Waals surface area contributed by atoms with Crippen molar-refractivity contribution in [1.29, 1.82) is 0 Å². The monoisotopic (exact) mass is 290 g/mol. The van der Waals surface area contributed by atoms with E-state index in [4.69, 9.17) is 4.42 Å². The molecule has 2 aliphatic heterocycles. The Morgan fingerprint density at radius 2 is 2.10 bits per heavy atom. The molecule has 1 amide bonds. The third kappa shape index (κ3) is 2.86. The summed E-state index contributed by atoms with van der Waals surface area (Å²) in [6.45, 7) is 8.01. The van der Waals surface area contributed by atoms with Gasteiger partial charge in [0.25, 0.3) is 0 Å². The highest BCUT2D eigenvalue weighted by Crippen LogP contribution is 2.39. The number of aryl methyl sites for hydroxylation is 1. The minimum atomic E-state index is 0.139. The van der Waals surface area contributed by atoms with E-state index in [1.54, 1.807) is 0 Å². The minimum Gasteiger partial charge on any atom is -0.465 e. The van der Waals surface area contributed by atoms with Crippen molar-refractivity contribution in [1.82, 2.24) is 9.80 Å². The molecule has 21 heavy (non-hydrogen) atoms. The van der Waals surface area contributed by atoms with Crippen LogP contribution in [0.15, 0.2) is 16.5 Å². The number of amides is 1. The molecule has 0 aromatic carbocycles. The van der Waals surface area contributed by atoms with E-state index in [1.807, 2.05) is 13.0 Å². The first-order valence-electron chi connectivity index (χ1n) is 8.21. The van der Waals surface area contributed by atoms with E-state index in [1.165, 1.54) is 6.42 Å². The van der Waals surface area contributed by atoms with Crippen LogP contribution in [-0.4, -0.2) is 40.9 Å². The van der Waals surface area contributed by atoms with E-state index in [0.717, 1.165) is 63.4 Å². The standard InChI is InChI=1S/C17H26N2O2/c1-3-19-16(20)7-9-17(19)8-4-11-18(12-10-17)13-15-6-5-14(2)21-15/h5-6H,3-4,7-13H2,1-2H3. The van der Waals surface area contributed by atoms with Crippen molar-refractivity contribution in [2.45, 2.75) is 58.0 Å². The van der Waals surface area contributed by atoms with Gasteiger partial charge in [-0.05, 0) is 58.2 Å². The molecule has 1 aromatic heterocycles. The summed E-state index contributed by atoms with van der Waals surface area (Å²) >= 11 is 0. The van der Waals surface area contributed by atoms with Gasteiger partial charge >= 0.3 is 0 Å². The van der Waals surface area contributed by atoms with Crippen LogP contribution in [0.4, 0.5) is 0 Å². The zero-order valence-electron chi connectivity index (χ0n) is 13.2. The summed E-state index contributed by atoms with van der Waals surface area (Å²) < 4.78 is 5.70. The Bertz CT molecular complexity index is 511. The highest BCUT2D eigenvalue weighted by atomic mass is 16.3. The van der Waals surface area contributed by atoms with E-state index >= 15 is 0 Å². The predicted molar refractivity (Wildman–Crippen MR) is 81.9 cm³/mol. The Morgan fingerprint density at radius 3 is 2.81 bits per heavy atom. The van der Waals surface area contributed by atoms with Crippen molar-refractivity contribution < 1.29 is 9.21 Å². The predicted octanol–water partition coefficient (Wildman–Crippen LogP) is 2.96. The van der Waals surface area contributed by atoms with Crippen molar-refractivity contribution in [3.8, 4) is 0 Å². The molecule has 1 spiro atoms. The number of hydrogen-bond acceptors (Lipinski definition) is 3. The largest absolute Gasteiger partial charge is 0.465 e. The topological polar surface area (TPSA) is 36.7 Å². The molecular weight excluding hydrogens is 264 g/mol. The van der Waals surface area contributed by atoms with E-state index in [9.17, 15) is 4.79 Å². The fraction of sp³-hybridized carbons (Fsp3) is 0.706. The molecule has 0 N–H and O–H groups in total. The van der Waals surface area contributed by atoms with E-state index in [0.29, 0.717) is 5.91 Å². The van der Waals surface area contributed by atoms with Gasteiger partial charge in [-0.25, -0.2) is 0 Å². The Hall–Kier alpha value is -1.29. The molecule has 4 nitrogen and oxygen atoms in total. The molecule has 3 heterocycles. The summed E-state index contributed by atoms with van der Waals surface area (Å²) in [4.78, 5) is 16.7. The normalized spacial score (nSPS) is 27.5. The van der Waals surface area contributed by atoms with Crippen molar-refractivity contribution >= 4 is 5.91 Å². The van der Waals surface area contributed by atoms with Gasteiger partial charge in [0.15, 0.2) is 0 Å². The summed E-state index contributed by atoms with van der Waals surface area (Å²) in [7, 11) is 0. The number of furan rings is 1. The van der Waals surface area contributed by atoms with Gasteiger partial charge in [0.05, 0.1) is 6.54 Å². The highest BCUT2D eigenvalue weighted by Gasteiger charge is 2.44. The van der Waals surface area contributed by atoms with Crippen molar-refractivity contribution in [2.24, 2.45) is 0 Å². The lowest BCUT2D eigenvalue weighted by atomic mass is 9.88. The zero-order chi connectivity index (χ0) is 14.9. The van der Waals surface area contributed by atoms with E-state index < -0.39 is 0 Å². The lowest BCUT2D eigenvalue weighted by molar-refractivity contribution is -0.131. The first kappa shape index (κ1) is 14.6. The van der Waals surface area contributed by atoms with Gasteiger partial charge in [0.2, 0.25) is 5.91 Å². The molecular formula is C17H26N2O2. The van der Waals surface area contributed by atoms with Gasteiger partial charge in [0.1, 0.15) is 11.5 Å². The molecule has 1 unspecified atom stereocenters. The second-order valence-corrected chi connectivity index (χ2v) is 6.50. The van der Waals surface area contributed by atoms with E-state index in [-0.39, 0.29) is 5.54 Å². The molecule has 4 heteroatoms. The molecule has 2 fully saturated rings. The molecule has 0 saturated carbocycles. The Labute approximate surface area is 127 Å². The average molecular weight is 290 g/mol. The van der Waals surface area contributed by atoms with Crippen molar-refractivity contribution in [3.63, 3.8) is 0 Å². The zero-order valence-corrected chi connectivity index (χ0v) is 13.2. The Morgan fingerprint density at radius 1 is 1.24 bits per heavy atom. The second kappa shape index (κ2) is 5.84. The first-order valence-corrected chi connectivity index (χ1v) is 8.21. The number of carbonyl (C=O) groups is 1. The summed E-state index contributed by atoms with van der Waals surface area (Å²) in [5.41, 5.74) is 0.139. The smallest absolute Gasteiger partial charge is 0.223 e. The third-order valence-corrected chi connectivity index (χ3v) is 5.18. The van der Waals surface area contributed by atoms with Gasteiger partial charge in [0, 0.05) is 25.0 Å². The maximum Gasteiger partial charge on any atom is 0.223 e. The molecule has 116 valence electrons. The van der Waals surface area contributed by atoms with Gasteiger partial charge in [-0.2, -0.15) is 0 Å². The Kier molecular flexibility index (Phi) is 4.07. The number of likely N-dealkylation sites (tertiary alicyclic amines) is 2. The fourth-order valence-corrected chi connectivity index (χ4v) is 4.09. The van der Waals surface area contributed by atoms with Crippen LogP contribution in [0.3, 0.4) is 0 Å². The minimum absolute atomic E-state index is 0.139. The van der Waals surface area contributed by atoms with Gasteiger partial charge in [-0.15, -0.1) is 0 Å². The van der Waals surface area contributed by atoms with Crippen LogP contribution >= 0.6 is 0 Å². The van der Waals surface area contributed by atoms with Gasteiger partial charge < -0.3 is 9.32 Å². The van der Waals surface area contributed by atoms with Gasteiger partial charge in [-0.3, -0.25) is 9.69 Å². The number of nitrogens with zero attached hydrogens (tertiary/aromatic N) is 2. The Balaban J connectivity index is 1.65. The molecule has 0 bridgehead atoms. The van der Waals surface area contributed by atoms with Crippen LogP contribution in [0.1, 0.15) is 50.5 Å². The van der Waals surface area contributed by atoms with Crippen LogP contribution in [0.25, 0.3) is 0 Å². The number of carbonyl (C=O) groups excluding carboxylic acids is 1. The summed E-state index contributed by atoms with van der Waals surface area (Å²) in [5, 5.41) is 0. The SMILES string of the molecule is CCN1C(=O)CCC12CCCN(Cc1ccc(C)o1)CC2. The first-order chi connectivity index (χ1) is 10.1. The van der Waals surface area contributed by atoms with Crippen LogP contribution in [0.2, 0.25) is 0 Å².